The molecule has 3 heterocycles. The summed E-state index contributed by atoms with van der Waals surface area (Å²) in [5.41, 5.74) is 1.57. The van der Waals surface area contributed by atoms with Gasteiger partial charge in [-0.05, 0) is 44.9 Å². The van der Waals surface area contributed by atoms with Crippen LogP contribution >= 0.6 is 23.4 Å². The number of aryl methyl sites for hydroxylation is 1. The molecule has 0 bridgehead atoms. The van der Waals surface area contributed by atoms with Crippen LogP contribution in [0.15, 0.2) is 40.0 Å². The van der Waals surface area contributed by atoms with Crippen molar-refractivity contribution in [1.82, 2.24) is 19.9 Å². The fraction of sp³-hybridized carbons (Fsp3) is 0.368. The number of hydrogen-bond donors (Lipinski definition) is 1. The third-order valence-corrected chi connectivity index (χ3v) is 5.88. The van der Waals surface area contributed by atoms with E-state index >= 15 is 0 Å². The predicted octanol–water partition coefficient (Wildman–Crippen LogP) is 3.94. The minimum Gasteiger partial charge on any atom is -0.341 e. The smallest absolute Gasteiger partial charge is 0.240 e. The van der Waals surface area contributed by atoms with Crippen LogP contribution in [0.4, 0.5) is 11.8 Å². The van der Waals surface area contributed by atoms with Crippen LogP contribution in [0.3, 0.4) is 0 Å². The Kier molecular flexibility index (Phi) is 5.77. The maximum Gasteiger partial charge on any atom is 0.240 e. The quantitative estimate of drug-likeness (QED) is 0.590. The van der Waals surface area contributed by atoms with Gasteiger partial charge in [-0.3, -0.25) is 14.7 Å². The fourth-order valence-corrected chi connectivity index (χ4v) is 4.21. The van der Waals surface area contributed by atoms with E-state index in [9.17, 15) is 4.79 Å². The maximum absolute atomic E-state index is 12.6. The first-order valence-electron chi connectivity index (χ1n) is 9.38. The van der Waals surface area contributed by atoms with Crippen LogP contribution in [0.2, 0.25) is 5.02 Å². The second-order valence-electron chi connectivity index (χ2n) is 6.87. The number of amides is 1. The Balaban J connectivity index is 1.60. The number of thioether (sulfide) groups is 1. The molecule has 152 valence electrons. The number of nitrogens with one attached hydrogen (secondary N) is 1. The SMILES string of the molecule is Cc1cc(NC(=O)C(C)Sc2nnc(N3CCCC3)n2-c2cccc(Cl)c2)on1. The maximum atomic E-state index is 12.6. The van der Waals surface area contributed by atoms with Crippen molar-refractivity contribution >= 4 is 41.1 Å². The van der Waals surface area contributed by atoms with Gasteiger partial charge in [0, 0.05) is 24.2 Å². The van der Waals surface area contributed by atoms with Crippen molar-refractivity contribution in [3.05, 3.63) is 41.0 Å². The van der Waals surface area contributed by atoms with Gasteiger partial charge in [0.05, 0.1) is 16.6 Å². The first kappa shape index (κ1) is 19.8. The lowest BCUT2D eigenvalue weighted by Gasteiger charge is -2.19. The summed E-state index contributed by atoms with van der Waals surface area (Å²) in [6, 6.07) is 9.22. The zero-order chi connectivity index (χ0) is 20.4. The summed E-state index contributed by atoms with van der Waals surface area (Å²) in [5.74, 6) is 0.897. The first-order chi connectivity index (χ1) is 14.0. The molecule has 29 heavy (non-hydrogen) atoms. The normalized spacial score (nSPS) is 14.9. The van der Waals surface area contributed by atoms with Crippen LogP contribution in [0.5, 0.6) is 0 Å². The summed E-state index contributed by atoms with van der Waals surface area (Å²) in [5, 5.41) is 16.1. The molecule has 3 aromatic rings. The third-order valence-electron chi connectivity index (χ3n) is 4.60. The van der Waals surface area contributed by atoms with E-state index < -0.39 is 5.25 Å². The van der Waals surface area contributed by atoms with Crippen LogP contribution in [-0.2, 0) is 4.79 Å². The number of carbonyl (C=O) groups excluding carboxylic acids is 1. The number of aromatic nitrogens is 4. The molecule has 1 N–H and O–H groups in total. The summed E-state index contributed by atoms with van der Waals surface area (Å²) < 4.78 is 7.03. The molecule has 0 aliphatic carbocycles. The van der Waals surface area contributed by atoms with Crippen molar-refractivity contribution in [2.24, 2.45) is 0 Å². The monoisotopic (exact) mass is 432 g/mol. The third kappa shape index (κ3) is 4.40. The standard InChI is InChI=1S/C19H21ClN6O2S/c1-12-10-16(28-24-12)21-17(27)13(2)29-19-23-22-18(25-8-3-4-9-25)26(19)15-7-5-6-14(20)11-15/h5-7,10-11,13H,3-4,8-9H2,1-2H3,(H,21,27). The molecule has 1 unspecified atom stereocenters. The summed E-state index contributed by atoms with van der Waals surface area (Å²) in [4.78, 5) is 14.8. The van der Waals surface area contributed by atoms with Crippen molar-refractivity contribution in [3.63, 3.8) is 0 Å². The van der Waals surface area contributed by atoms with E-state index in [-0.39, 0.29) is 5.91 Å². The number of anilines is 2. The molecular weight excluding hydrogens is 412 g/mol. The second kappa shape index (κ2) is 8.46. The lowest BCUT2D eigenvalue weighted by atomic mass is 10.3. The molecule has 1 aliphatic rings. The average Bonchev–Trinajstić information content (AvgIpc) is 3.42. The molecule has 1 atom stereocenters. The Bertz CT molecular complexity index is 1010. The zero-order valence-corrected chi connectivity index (χ0v) is 17.7. The Morgan fingerprint density at radius 3 is 2.76 bits per heavy atom. The summed E-state index contributed by atoms with van der Waals surface area (Å²) in [6.45, 7) is 5.48. The number of halogens is 1. The molecular formula is C19H21ClN6O2S. The minimum atomic E-state index is -0.422. The molecule has 10 heteroatoms. The van der Waals surface area contributed by atoms with Crippen molar-refractivity contribution in [3.8, 4) is 5.69 Å². The molecule has 2 aromatic heterocycles. The highest BCUT2D eigenvalue weighted by Crippen LogP contribution is 2.31. The van der Waals surface area contributed by atoms with Crippen LogP contribution in [0, 0.1) is 6.92 Å². The molecule has 4 rings (SSSR count). The Morgan fingerprint density at radius 1 is 1.28 bits per heavy atom. The average molecular weight is 433 g/mol. The lowest BCUT2D eigenvalue weighted by molar-refractivity contribution is -0.115. The molecule has 1 aromatic carbocycles. The van der Waals surface area contributed by atoms with E-state index in [2.05, 4.69) is 25.6 Å². The number of rotatable bonds is 6. The summed E-state index contributed by atoms with van der Waals surface area (Å²) in [6.07, 6.45) is 2.25. The van der Waals surface area contributed by atoms with Gasteiger partial charge >= 0.3 is 0 Å². The summed E-state index contributed by atoms with van der Waals surface area (Å²) in [7, 11) is 0. The van der Waals surface area contributed by atoms with E-state index in [1.54, 1.807) is 13.0 Å². The predicted molar refractivity (Wildman–Crippen MR) is 113 cm³/mol. The second-order valence-corrected chi connectivity index (χ2v) is 8.62. The zero-order valence-electron chi connectivity index (χ0n) is 16.1. The van der Waals surface area contributed by atoms with Gasteiger partial charge in [0.25, 0.3) is 0 Å². The van der Waals surface area contributed by atoms with Gasteiger partial charge in [-0.2, -0.15) is 0 Å². The first-order valence-corrected chi connectivity index (χ1v) is 10.6. The largest absolute Gasteiger partial charge is 0.341 e. The van der Waals surface area contributed by atoms with Gasteiger partial charge in [0.2, 0.25) is 17.7 Å². The van der Waals surface area contributed by atoms with Crippen LogP contribution in [-0.4, -0.2) is 44.2 Å². The van der Waals surface area contributed by atoms with Gasteiger partial charge in [-0.25, -0.2) is 0 Å². The highest BCUT2D eigenvalue weighted by Gasteiger charge is 2.25. The van der Waals surface area contributed by atoms with Crippen LogP contribution < -0.4 is 10.2 Å². The highest BCUT2D eigenvalue weighted by atomic mass is 35.5. The van der Waals surface area contributed by atoms with Gasteiger partial charge in [0.15, 0.2) is 5.16 Å². The van der Waals surface area contributed by atoms with Crippen molar-refractivity contribution < 1.29 is 9.32 Å². The van der Waals surface area contributed by atoms with Gasteiger partial charge in [0.1, 0.15) is 0 Å². The molecule has 8 nitrogen and oxygen atoms in total. The molecule has 1 amide bonds. The topological polar surface area (TPSA) is 89.1 Å². The van der Waals surface area contributed by atoms with Gasteiger partial charge < -0.3 is 9.42 Å². The highest BCUT2D eigenvalue weighted by molar-refractivity contribution is 8.00. The van der Waals surface area contributed by atoms with Crippen molar-refractivity contribution in [2.45, 2.75) is 37.1 Å². The van der Waals surface area contributed by atoms with Gasteiger partial charge in [-0.15, -0.1) is 10.2 Å². The minimum absolute atomic E-state index is 0.200. The Labute approximate surface area is 177 Å². The molecule has 1 saturated heterocycles. The molecule has 1 fully saturated rings. The molecule has 1 aliphatic heterocycles. The van der Waals surface area contributed by atoms with Crippen LogP contribution in [0.1, 0.15) is 25.5 Å². The van der Waals surface area contributed by atoms with E-state index in [4.69, 9.17) is 16.1 Å². The Hall–Kier alpha value is -2.52. The molecule has 0 spiro atoms. The van der Waals surface area contributed by atoms with Crippen molar-refractivity contribution in [2.75, 3.05) is 23.3 Å². The number of carbonyl (C=O) groups is 1. The van der Waals surface area contributed by atoms with Crippen molar-refractivity contribution in [1.29, 1.82) is 0 Å². The number of nitrogens with zero attached hydrogens (tertiary/aromatic N) is 5. The van der Waals surface area contributed by atoms with Gasteiger partial charge in [-0.1, -0.05) is 34.6 Å². The number of benzene rings is 1. The molecule has 0 radical (unpaired) electrons. The van der Waals surface area contributed by atoms with E-state index in [0.717, 1.165) is 37.6 Å². The van der Waals surface area contributed by atoms with Crippen LogP contribution in [0.25, 0.3) is 5.69 Å². The van der Waals surface area contributed by atoms with E-state index in [1.165, 1.54) is 11.8 Å². The lowest BCUT2D eigenvalue weighted by Crippen LogP contribution is -2.23. The van der Waals surface area contributed by atoms with E-state index in [1.807, 2.05) is 35.8 Å². The molecule has 0 saturated carbocycles. The summed E-state index contributed by atoms with van der Waals surface area (Å²) >= 11 is 7.55. The number of hydrogen-bond acceptors (Lipinski definition) is 7. The fourth-order valence-electron chi connectivity index (χ4n) is 3.16. The van der Waals surface area contributed by atoms with E-state index in [0.29, 0.717) is 21.8 Å². The Morgan fingerprint density at radius 2 is 2.07 bits per heavy atom.